The molecule has 0 atom stereocenters. The number of halogens is 1. The normalized spacial score (nSPS) is 14.7. The Labute approximate surface area is 172 Å². The predicted molar refractivity (Wildman–Crippen MR) is 114 cm³/mol. The van der Waals surface area contributed by atoms with Crippen molar-refractivity contribution in [2.24, 2.45) is 0 Å². The van der Waals surface area contributed by atoms with Gasteiger partial charge in [-0.2, -0.15) is 0 Å². The molecule has 0 bridgehead atoms. The van der Waals surface area contributed by atoms with Crippen LogP contribution in [0, 0.1) is 3.57 Å². The largest absolute Gasteiger partial charge is 0.493 e. The number of carbonyl (C=O) groups is 1. The zero-order valence-electron chi connectivity index (χ0n) is 15.7. The number of ether oxygens (including phenoxy) is 2. The highest BCUT2D eigenvalue weighted by Gasteiger charge is 2.17. The van der Waals surface area contributed by atoms with E-state index in [4.69, 9.17) is 9.47 Å². The molecule has 1 aliphatic heterocycles. The van der Waals surface area contributed by atoms with Gasteiger partial charge in [0.05, 0.1) is 31.7 Å². The van der Waals surface area contributed by atoms with Crippen LogP contribution in [0.4, 0.5) is 11.5 Å². The second-order valence-corrected chi connectivity index (χ2v) is 7.50. The van der Waals surface area contributed by atoms with Crippen LogP contribution in [-0.2, 0) is 0 Å². The minimum absolute atomic E-state index is 0.213. The Morgan fingerprint density at radius 3 is 2.37 bits per heavy atom. The number of hydrogen-bond donors (Lipinski definition) is 1. The standard InChI is InChI=1S/C19H23IN4O3/c1-23-6-8-24(9-7-23)18-5-4-13(12-21-18)22-19(25)14-10-16(26-2)17(27-3)11-15(14)20/h4-5,10-12H,6-9H2,1-3H3,(H,22,25). The van der Waals surface area contributed by atoms with Gasteiger partial charge >= 0.3 is 0 Å². The molecular formula is C19H23IN4O3. The van der Waals surface area contributed by atoms with Crippen LogP contribution < -0.4 is 19.7 Å². The van der Waals surface area contributed by atoms with Gasteiger partial charge in [0.25, 0.3) is 5.91 Å². The average Bonchev–Trinajstić information content (AvgIpc) is 2.69. The molecule has 8 heteroatoms. The summed E-state index contributed by atoms with van der Waals surface area (Å²) >= 11 is 2.11. The molecular weight excluding hydrogens is 459 g/mol. The minimum Gasteiger partial charge on any atom is -0.493 e. The minimum atomic E-state index is -0.213. The van der Waals surface area contributed by atoms with Crippen molar-refractivity contribution in [1.82, 2.24) is 9.88 Å². The number of nitrogens with zero attached hydrogens (tertiary/aromatic N) is 3. The molecule has 0 unspecified atom stereocenters. The third-order valence-corrected chi connectivity index (χ3v) is 5.44. The maximum Gasteiger partial charge on any atom is 0.256 e. The lowest BCUT2D eigenvalue weighted by Gasteiger charge is -2.33. The first kappa shape index (κ1) is 19.7. The molecule has 144 valence electrons. The van der Waals surface area contributed by atoms with E-state index >= 15 is 0 Å². The Balaban J connectivity index is 1.71. The van der Waals surface area contributed by atoms with E-state index in [1.807, 2.05) is 12.1 Å². The summed E-state index contributed by atoms with van der Waals surface area (Å²) in [5.74, 6) is 1.83. The van der Waals surface area contributed by atoms with Crippen LogP contribution >= 0.6 is 22.6 Å². The molecule has 7 nitrogen and oxygen atoms in total. The van der Waals surface area contributed by atoms with Crippen LogP contribution in [0.1, 0.15) is 10.4 Å². The monoisotopic (exact) mass is 482 g/mol. The molecule has 1 N–H and O–H groups in total. The van der Waals surface area contributed by atoms with Gasteiger partial charge in [0.1, 0.15) is 5.82 Å². The van der Waals surface area contributed by atoms with Crippen molar-refractivity contribution < 1.29 is 14.3 Å². The number of aromatic nitrogens is 1. The first-order valence-corrected chi connectivity index (χ1v) is 9.72. The molecule has 27 heavy (non-hydrogen) atoms. The number of piperazine rings is 1. The molecule has 1 fully saturated rings. The van der Waals surface area contributed by atoms with E-state index in [-0.39, 0.29) is 5.91 Å². The number of rotatable bonds is 5. The number of anilines is 2. The summed E-state index contributed by atoms with van der Waals surface area (Å²) in [6, 6.07) is 7.29. The fourth-order valence-electron chi connectivity index (χ4n) is 2.91. The van der Waals surface area contributed by atoms with Gasteiger partial charge in [-0.3, -0.25) is 4.79 Å². The van der Waals surface area contributed by atoms with E-state index in [0.717, 1.165) is 35.6 Å². The Hall–Kier alpha value is -2.07. The maximum atomic E-state index is 12.7. The van der Waals surface area contributed by atoms with Crippen molar-refractivity contribution >= 4 is 40.0 Å². The van der Waals surface area contributed by atoms with Gasteiger partial charge in [-0.1, -0.05) is 0 Å². The van der Waals surface area contributed by atoms with Crippen LogP contribution in [0.15, 0.2) is 30.5 Å². The lowest BCUT2D eigenvalue weighted by molar-refractivity contribution is 0.102. The van der Waals surface area contributed by atoms with Crippen molar-refractivity contribution in [1.29, 1.82) is 0 Å². The molecule has 2 heterocycles. The van der Waals surface area contributed by atoms with Crippen LogP contribution in [0.3, 0.4) is 0 Å². The highest BCUT2D eigenvalue weighted by molar-refractivity contribution is 14.1. The molecule has 2 aromatic rings. The number of amides is 1. The number of carbonyl (C=O) groups excluding carboxylic acids is 1. The molecule has 3 rings (SSSR count). The summed E-state index contributed by atoms with van der Waals surface area (Å²) in [6.45, 7) is 3.97. The third kappa shape index (κ3) is 4.62. The number of methoxy groups -OCH3 is 2. The lowest BCUT2D eigenvalue weighted by Crippen LogP contribution is -2.44. The SMILES string of the molecule is COc1cc(I)c(C(=O)Nc2ccc(N3CCN(C)CC3)nc2)cc1OC. The van der Waals surface area contributed by atoms with E-state index < -0.39 is 0 Å². The first-order chi connectivity index (χ1) is 13.0. The Morgan fingerprint density at radius 1 is 1.11 bits per heavy atom. The zero-order chi connectivity index (χ0) is 19.4. The predicted octanol–water partition coefficient (Wildman–Crippen LogP) is 2.71. The van der Waals surface area contributed by atoms with Crippen molar-refractivity contribution in [2.75, 3.05) is 57.7 Å². The molecule has 1 aliphatic rings. The van der Waals surface area contributed by atoms with E-state index in [1.54, 1.807) is 32.5 Å². The van der Waals surface area contributed by atoms with E-state index in [0.29, 0.717) is 22.7 Å². The van der Waals surface area contributed by atoms with Crippen LogP contribution in [-0.4, -0.2) is 63.2 Å². The molecule has 1 aromatic heterocycles. The second kappa shape index (κ2) is 8.75. The van der Waals surface area contributed by atoms with Gasteiger partial charge in [0, 0.05) is 29.7 Å². The fourth-order valence-corrected chi connectivity index (χ4v) is 3.59. The van der Waals surface area contributed by atoms with Gasteiger partial charge < -0.3 is 24.6 Å². The summed E-state index contributed by atoms with van der Waals surface area (Å²) in [6.07, 6.45) is 1.69. The molecule has 0 radical (unpaired) electrons. The van der Waals surface area contributed by atoms with Crippen molar-refractivity contribution in [3.63, 3.8) is 0 Å². The summed E-state index contributed by atoms with van der Waals surface area (Å²) in [4.78, 5) is 21.7. The quantitative estimate of drug-likeness (QED) is 0.662. The summed E-state index contributed by atoms with van der Waals surface area (Å²) < 4.78 is 11.3. The summed E-state index contributed by atoms with van der Waals surface area (Å²) in [5, 5.41) is 2.90. The number of hydrogen-bond acceptors (Lipinski definition) is 6. The highest BCUT2D eigenvalue weighted by atomic mass is 127. The number of benzene rings is 1. The van der Waals surface area contributed by atoms with Crippen LogP contribution in [0.5, 0.6) is 11.5 Å². The van der Waals surface area contributed by atoms with Gasteiger partial charge in [0.2, 0.25) is 0 Å². The van der Waals surface area contributed by atoms with E-state index in [1.165, 1.54) is 0 Å². The van der Waals surface area contributed by atoms with Gasteiger partial charge in [-0.25, -0.2) is 4.98 Å². The molecule has 1 saturated heterocycles. The zero-order valence-corrected chi connectivity index (χ0v) is 17.8. The Bertz CT molecular complexity index is 805. The highest BCUT2D eigenvalue weighted by Crippen LogP contribution is 2.31. The molecule has 0 saturated carbocycles. The molecule has 0 spiro atoms. The van der Waals surface area contributed by atoms with Crippen LogP contribution in [0.25, 0.3) is 0 Å². The topological polar surface area (TPSA) is 66.9 Å². The third-order valence-electron chi connectivity index (χ3n) is 4.55. The van der Waals surface area contributed by atoms with Gasteiger partial charge in [-0.05, 0) is 53.9 Å². The maximum absolute atomic E-state index is 12.7. The number of nitrogens with one attached hydrogen (secondary N) is 1. The average molecular weight is 482 g/mol. The molecule has 1 aromatic carbocycles. The van der Waals surface area contributed by atoms with Crippen molar-refractivity contribution in [3.8, 4) is 11.5 Å². The van der Waals surface area contributed by atoms with Crippen molar-refractivity contribution in [2.45, 2.75) is 0 Å². The second-order valence-electron chi connectivity index (χ2n) is 6.34. The van der Waals surface area contributed by atoms with Gasteiger partial charge in [-0.15, -0.1) is 0 Å². The molecule has 1 amide bonds. The summed E-state index contributed by atoms with van der Waals surface area (Å²) in [5.41, 5.74) is 1.18. The smallest absolute Gasteiger partial charge is 0.256 e. The number of likely N-dealkylation sites (N-methyl/N-ethyl adjacent to an activating group) is 1. The van der Waals surface area contributed by atoms with Gasteiger partial charge in [0.15, 0.2) is 11.5 Å². The fraction of sp³-hybridized carbons (Fsp3) is 0.368. The summed E-state index contributed by atoms with van der Waals surface area (Å²) in [7, 11) is 5.24. The molecule has 0 aliphatic carbocycles. The van der Waals surface area contributed by atoms with E-state index in [2.05, 4.69) is 49.7 Å². The lowest BCUT2D eigenvalue weighted by atomic mass is 10.2. The number of pyridine rings is 1. The Kier molecular flexibility index (Phi) is 6.38. The van der Waals surface area contributed by atoms with Crippen LogP contribution in [0.2, 0.25) is 0 Å². The van der Waals surface area contributed by atoms with Crippen molar-refractivity contribution in [3.05, 3.63) is 39.6 Å². The Morgan fingerprint density at radius 2 is 1.78 bits per heavy atom. The first-order valence-electron chi connectivity index (χ1n) is 8.64. The van der Waals surface area contributed by atoms with E-state index in [9.17, 15) is 4.79 Å².